The largest absolute Gasteiger partial charge is 0.378 e. The number of halogens is 2. The molecule has 7 heteroatoms. The molecule has 1 aromatic carbocycles. The Hall–Kier alpha value is -0.960. The molecular weight excluding hydrogens is 352 g/mol. The van der Waals surface area contributed by atoms with Crippen LogP contribution in [0.3, 0.4) is 0 Å². The van der Waals surface area contributed by atoms with Gasteiger partial charge in [-0.3, -0.25) is 10.1 Å². The first-order valence-corrected chi connectivity index (χ1v) is 6.60. The molecule has 18 heavy (non-hydrogen) atoms. The fourth-order valence-corrected chi connectivity index (χ4v) is 1.84. The lowest BCUT2D eigenvalue weighted by atomic mass is 10.2. The fraction of sp³-hybridized carbons (Fsp3) is 0.455. The predicted molar refractivity (Wildman–Crippen MR) is 77.4 cm³/mol. The molecule has 5 nitrogen and oxygen atoms in total. The summed E-state index contributed by atoms with van der Waals surface area (Å²) in [6, 6.07) is 2.74. The van der Waals surface area contributed by atoms with Gasteiger partial charge >= 0.3 is 0 Å². The highest BCUT2D eigenvalue weighted by molar-refractivity contribution is 14.1. The van der Waals surface area contributed by atoms with Gasteiger partial charge in [-0.1, -0.05) is 13.8 Å². The zero-order valence-corrected chi connectivity index (χ0v) is 12.3. The molecule has 1 aromatic rings. The van der Waals surface area contributed by atoms with Crippen molar-refractivity contribution in [3.8, 4) is 0 Å². The molecule has 0 aliphatic carbocycles. The Kier molecular flexibility index (Phi) is 5.73. The zero-order chi connectivity index (χ0) is 13.7. The molecule has 0 unspecified atom stereocenters. The van der Waals surface area contributed by atoms with Gasteiger partial charge in [-0.25, -0.2) is 4.39 Å². The summed E-state index contributed by atoms with van der Waals surface area (Å²) in [5, 5.41) is 16.9. The van der Waals surface area contributed by atoms with Crippen LogP contribution in [-0.4, -0.2) is 24.1 Å². The van der Waals surface area contributed by atoms with Gasteiger partial charge in [-0.2, -0.15) is 0 Å². The van der Waals surface area contributed by atoms with E-state index >= 15 is 0 Å². The number of anilines is 1. The lowest BCUT2D eigenvalue weighted by molar-refractivity contribution is -0.384. The maximum Gasteiger partial charge on any atom is 0.293 e. The molecule has 0 aliphatic heterocycles. The minimum Gasteiger partial charge on any atom is -0.378 e. The van der Waals surface area contributed by atoms with Gasteiger partial charge in [0.1, 0.15) is 11.5 Å². The van der Waals surface area contributed by atoms with Gasteiger partial charge in [0, 0.05) is 31.3 Å². The second-order valence-electron chi connectivity index (χ2n) is 4.08. The van der Waals surface area contributed by atoms with E-state index in [2.05, 4.69) is 10.6 Å². The number of nitrogens with one attached hydrogen (secondary N) is 2. The number of nitro groups is 1. The van der Waals surface area contributed by atoms with E-state index in [0.29, 0.717) is 19.1 Å². The van der Waals surface area contributed by atoms with Crippen molar-refractivity contribution in [1.29, 1.82) is 0 Å². The molecular formula is C11H15FIN3O2. The number of hydrogen-bond acceptors (Lipinski definition) is 4. The molecule has 0 atom stereocenters. The molecule has 100 valence electrons. The second kappa shape index (κ2) is 6.83. The Morgan fingerprint density at radius 1 is 1.44 bits per heavy atom. The monoisotopic (exact) mass is 367 g/mol. The fourth-order valence-electron chi connectivity index (χ4n) is 1.39. The van der Waals surface area contributed by atoms with E-state index in [1.807, 2.05) is 13.8 Å². The van der Waals surface area contributed by atoms with Crippen molar-refractivity contribution in [2.24, 2.45) is 0 Å². The molecule has 0 fully saturated rings. The van der Waals surface area contributed by atoms with Crippen LogP contribution in [0.25, 0.3) is 0 Å². The average molecular weight is 367 g/mol. The standard InChI is InChI=1S/C11H15FIN3O2/c1-7(2)14-3-4-15-10-5-8(12)9(13)6-11(10)16(17)18/h5-7,14-15H,3-4H2,1-2H3. The van der Waals surface area contributed by atoms with Crippen LogP contribution in [0.4, 0.5) is 15.8 Å². The second-order valence-corrected chi connectivity index (χ2v) is 5.24. The smallest absolute Gasteiger partial charge is 0.293 e. The lowest BCUT2D eigenvalue weighted by Gasteiger charge is -2.10. The molecule has 0 amide bonds. The molecule has 0 aliphatic rings. The highest BCUT2D eigenvalue weighted by Gasteiger charge is 2.16. The molecule has 0 heterocycles. The zero-order valence-electron chi connectivity index (χ0n) is 10.2. The minimum absolute atomic E-state index is 0.106. The number of hydrogen-bond donors (Lipinski definition) is 2. The summed E-state index contributed by atoms with van der Waals surface area (Å²) in [7, 11) is 0. The van der Waals surface area contributed by atoms with E-state index in [0.717, 1.165) is 6.07 Å². The van der Waals surface area contributed by atoms with Gasteiger partial charge in [-0.15, -0.1) is 0 Å². The van der Waals surface area contributed by atoms with Crippen molar-refractivity contribution in [3.05, 3.63) is 31.6 Å². The SMILES string of the molecule is CC(C)NCCNc1cc(F)c(I)cc1[N+](=O)[O-]. The summed E-state index contributed by atoms with van der Waals surface area (Å²) in [6.07, 6.45) is 0. The third kappa shape index (κ3) is 4.37. The van der Waals surface area contributed by atoms with Gasteiger partial charge in [0.15, 0.2) is 0 Å². The molecule has 0 aromatic heterocycles. The van der Waals surface area contributed by atoms with Crippen LogP contribution in [0.5, 0.6) is 0 Å². The highest BCUT2D eigenvalue weighted by Crippen LogP contribution is 2.28. The molecule has 1 rings (SSSR count). The molecule has 0 saturated carbocycles. The first kappa shape index (κ1) is 15.1. The van der Waals surface area contributed by atoms with Gasteiger partial charge in [-0.05, 0) is 22.6 Å². The van der Waals surface area contributed by atoms with E-state index in [-0.39, 0.29) is 14.9 Å². The molecule has 0 bridgehead atoms. The van der Waals surface area contributed by atoms with Crippen molar-refractivity contribution in [1.82, 2.24) is 5.32 Å². The molecule has 0 radical (unpaired) electrons. The van der Waals surface area contributed by atoms with Crippen LogP contribution in [0.15, 0.2) is 12.1 Å². The van der Waals surface area contributed by atoms with E-state index in [4.69, 9.17) is 0 Å². The van der Waals surface area contributed by atoms with Crippen LogP contribution < -0.4 is 10.6 Å². The topological polar surface area (TPSA) is 67.2 Å². The van der Waals surface area contributed by atoms with E-state index in [1.165, 1.54) is 6.07 Å². The predicted octanol–water partition coefficient (Wildman–Crippen LogP) is 2.75. The maximum atomic E-state index is 13.4. The quantitative estimate of drug-likeness (QED) is 0.351. The summed E-state index contributed by atoms with van der Waals surface area (Å²) < 4.78 is 13.6. The summed E-state index contributed by atoms with van der Waals surface area (Å²) in [6.45, 7) is 5.17. The summed E-state index contributed by atoms with van der Waals surface area (Å²) in [5.74, 6) is -0.458. The van der Waals surface area contributed by atoms with Gasteiger partial charge in [0.25, 0.3) is 5.69 Å². The Balaban J connectivity index is 2.74. The molecule has 2 N–H and O–H groups in total. The van der Waals surface area contributed by atoms with E-state index in [1.54, 1.807) is 22.6 Å². The van der Waals surface area contributed by atoms with Crippen molar-refractivity contribution in [3.63, 3.8) is 0 Å². The first-order valence-electron chi connectivity index (χ1n) is 5.52. The third-order valence-corrected chi connectivity index (χ3v) is 3.06. The summed E-state index contributed by atoms with van der Waals surface area (Å²) >= 11 is 1.73. The van der Waals surface area contributed by atoms with Crippen LogP contribution >= 0.6 is 22.6 Å². The van der Waals surface area contributed by atoms with Crippen LogP contribution in [0, 0.1) is 19.5 Å². The minimum atomic E-state index is -0.514. The maximum absolute atomic E-state index is 13.4. The van der Waals surface area contributed by atoms with Crippen LogP contribution in [0.2, 0.25) is 0 Å². The Labute approximate surface area is 118 Å². The highest BCUT2D eigenvalue weighted by atomic mass is 127. The van der Waals surface area contributed by atoms with Crippen LogP contribution in [0.1, 0.15) is 13.8 Å². The van der Waals surface area contributed by atoms with Crippen molar-refractivity contribution >= 4 is 34.0 Å². The van der Waals surface area contributed by atoms with E-state index in [9.17, 15) is 14.5 Å². The van der Waals surface area contributed by atoms with Gasteiger partial charge in [0.05, 0.1) is 8.49 Å². The molecule has 0 saturated heterocycles. The number of nitro benzene ring substituents is 1. The van der Waals surface area contributed by atoms with Crippen molar-refractivity contribution in [2.75, 3.05) is 18.4 Å². The lowest BCUT2D eigenvalue weighted by Crippen LogP contribution is -2.28. The number of rotatable bonds is 6. The average Bonchev–Trinajstić information content (AvgIpc) is 2.28. The first-order chi connectivity index (χ1) is 8.41. The van der Waals surface area contributed by atoms with Gasteiger partial charge < -0.3 is 10.6 Å². The Bertz CT molecular complexity index is 441. The number of nitrogens with zero attached hydrogens (tertiary/aromatic N) is 1. The van der Waals surface area contributed by atoms with Crippen molar-refractivity contribution < 1.29 is 9.31 Å². The summed E-state index contributed by atoms with van der Waals surface area (Å²) in [5.41, 5.74) is 0.105. The molecule has 0 spiro atoms. The summed E-state index contributed by atoms with van der Waals surface area (Å²) in [4.78, 5) is 10.3. The normalized spacial score (nSPS) is 10.7. The van der Waals surface area contributed by atoms with Crippen molar-refractivity contribution in [2.45, 2.75) is 19.9 Å². The Morgan fingerprint density at radius 2 is 2.11 bits per heavy atom. The van der Waals surface area contributed by atoms with E-state index < -0.39 is 10.7 Å². The third-order valence-electron chi connectivity index (χ3n) is 2.23. The van der Waals surface area contributed by atoms with Crippen LogP contribution in [-0.2, 0) is 0 Å². The van der Waals surface area contributed by atoms with Gasteiger partial charge in [0.2, 0.25) is 0 Å². The Morgan fingerprint density at radius 3 is 2.67 bits per heavy atom. The number of benzene rings is 1.